The van der Waals surface area contributed by atoms with Crippen LogP contribution in [0.5, 0.6) is 0 Å². The number of anilines is 1. The molecule has 1 saturated heterocycles. The third-order valence-electron chi connectivity index (χ3n) is 5.18. The van der Waals surface area contributed by atoms with Gasteiger partial charge in [0.25, 0.3) is 11.6 Å². The zero-order valence-corrected chi connectivity index (χ0v) is 17.9. The Labute approximate surface area is 183 Å². The van der Waals surface area contributed by atoms with Gasteiger partial charge in [0, 0.05) is 47.3 Å². The Bertz CT molecular complexity index is 1090. The van der Waals surface area contributed by atoms with Gasteiger partial charge in [0.1, 0.15) is 0 Å². The molecule has 0 radical (unpaired) electrons. The molecule has 3 aromatic rings. The molecule has 2 aromatic carbocycles. The third-order valence-corrected chi connectivity index (χ3v) is 6.14. The van der Waals surface area contributed by atoms with Crippen molar-refractivity contribution in [1.29, 1.82) is 0 Å². The molecule has 31 heavy (non-hydrogen) atoms. The predicted octanol–water partition coefficient (Wildman–Crippen LogP) is 4.11. The van der Waals surface area contributed by atoms with Gasteiger partial charge in [-0.3, -0.25) is 25.1 Å². The fourth-order valence-corrected chi connectivity index (χ4v) is 4.55. The summed E-state index contributed by atoms with van der Waals surface area (Å²) < 4.78 is 5.44. The molecule has 0 atom stereocenters. The Kier molecular flexibility index (Phi) is 6.36. The summed E-state index contributed by atoms with van der Waals surface area (Å²) in [6, 6.07) is 14.3. The second-order valence-electron chi connectivity index (χ2n) is 7.21. The molecule has 1 aliphatic heterocycles. The highest BCUT2D eigenvalue weighted by atomic mass is 32.1. The predicted molar refractivity (Wildman–Crippen MR) is 119 cm³/mol. The highest BCUT2D eigenvalue weighted by Crippen LogP contribution is 2.33. The van der Waals surface area contributed by atoms with Crippen LogP contribution in [0.25, 0.3) is 11.3 Å². The monoisotopic (exact) mass is 438 g/mol. The molecule has 1 aliphatic rings. The van der Waals surface area contributed by atoms with Crippen molar-refractivity contribution in [1.82, 2.24) is 9.88 Å². The van der Waals surface area contributed by atoms with E-state index in [1.807, 2.05) is 30.3 Å². The van der Waals surface area contributed by atoms with E-state index >= 15 is 0 Å². The molecule has 160 valence electrons. The fourth-order valence-electron chi connectivity index (χ4n) is 3.53. The van der Waals surface area contributed by atoms with E-state index in [4.69, 9.17) is 9.72 Å². The highest BCUT2D eigenvalue weighted by Gasteiger charge is 2.22. The van der Waals surface area contributed by atoms with E-state index in [-0.39, 0.29) is 11.3 Å². The molecule has 1 fully saturated rings. The molecular formula is C22H22N4O4S. The maximum absolute atomic E-state index is 12.9. The molecule has 2 heterocycles. The average Bonchev–Trinajstić information content (AvgIpc) is 3.17. The summed E-state index contributed by atoms with van der Waals surface area (Å²) in [5.41, 5.74) is 2.33. The Morgan fingerprint density at radius 3 is 2.65 bits per heavy atom. The van der Waals surface area contributed by atoms with Crippen molar-refractivity contribution in [2.45, 2.75) is 13.5 Å². The quantitative estimate of drug-likeness (QED) is 0.459. The molecule has 0 saturated carbocycles. The summed E-state index contributed by atoms with van der Waals surface area (Å²) in [6.45, 7) is 5.40. The standard InChI is InChI=1S/C22H22N4O4S/c1-15-17(8-5-9-18(15)26(28)29)21(27)24-22-23-20(16-6-3-2-4-7-16)19(31-22)14-25-10-12-30-13-11-25/h2-9H,10-14H2,1H3,(H,23,24,27). The molecule has 8 nitrogen and oxygen atoms in total. The van der Waals surface area contributed by atoms with Gasteiger partial charge in [-0.15, -0.1) is 0 Å². The van der Waals surface area contributed by atoms with Crippen LogP contribution in [-0.2, 0) is 11.3 Å². The zero-order chi connectivity index (χ0) is 21.8. The van der Waals surface area contributed by atoms with Crippen molar-refractivity contribution in [2.24, 2.45) is 0 Å². The number of rotatable bonds is 6. The van der Waals surface area contributed by atoms with Crippen molar-refractivity contribution in [2.75, 3.05) is 31.6 Å². The van der Waals surface area contributed by atoms with E-state index in [9.17, 15) is 14.9 Å². The summed E-state index contributed by atoms with van der Waals surface area (Å²) in [6.07, 6.45) is 0. The molecule has 0 bridgehead atoms. The number of hydrogen-bond acceptors (Lipinski definition) is 7. The molecule has 4 rings (SSSR count). The van der Waals surface area contributed by atoms with Gasteiger partial charge in [0.15, 0.2) is 5.13 Å². The molecular weight excluding hydrogens is 416 g/mol. The smallest absolute Gasteiger partial charge is 0.273 e. The first-order valence-electron chi connectivity index (χ1n) is 9.93. The maximum atomic E-state index is 12.9. The second kappa shape index (κ2) is 9.34. The number of nitro groups is 1. The van der Waals surface area contributed by atoms with Gasteiger partial charge in [-0.2, -0.15) is 0 Å². The van der Waals surface area contributed by atoms with Crippen molar-refractivity contribution in [3.63, 3.8) is 0 Å². The molecule has 0 aliphatic carbocycles. The normalized spacial score (nSPS) is 14.4. The Morgan fingerprint density at radius 1 is 1.19 bits per heavy atom. The van der Waals surface area contributed by atoms with Crippen LogP contribution in [-0.4, -0.2) is 47.0 Å². The molecule has 0 unspecified atom stereocenters. The number of nitrogens with one attached hydrogen (secondary N) is 1. The maximum Gasteiger partial charge on any atom is 0.273 e. The molecule has 1 N–H and O–H groups in total. The molecule has 0 spiro atoms. The van der Waals surface area contributed by atoms with E-state index in [1.165, 1.54) is 23.5 Å². The Hall–Kier alpha value is -3.14. The first kappa shape index (κ1) is 21.1. The van der Waals surface area contributed by atoms with E-state index in [2.05, 4.69) is 10.2 Å². The third kappa shape index (κ3) is 4.79. The topological polar surface area (TPSA) is 97.6 Å². The summed E-state index contributed by atoms with van der Waals surface area (Å²) in [5.74, 6) is -0.410. The summed E-state index contributed by atoms with van der Waals surface area (Å²) in [5, 5.41) is 14.5. The number of carbonyl (C=O) groups is 1. The van der Waals surface area contributed by atoms with Gasteiger partial charge in [0.2, 0.25) is 0 Å². The van der Waals surface area contributed by atoms with E-state index < -0.39 is 10.8 Å². The summed E-state index contributed by atoms with van der Waals surface area (Å²) in [4.78, 5) is 31.6. The van der Waals surface area contributed by atoms with Crippen LogP contribution in [0.4, 0.5) is 10.8 Å². The molecule has 1 amide bonds. The van der Waals surface area contributed by atoms with E-state index in [1.54, 1.807) is 13.0 Å². The number of thiazole rings is 1. The number of hydrogen-bond donors (Lipinski definition) is 1. The molecule has 1 aromatic heterocycles. The number of nitrogens with zero attached hydrogens (tertiary/aromatic N) is 3. The lowest BCUT2D eigenvalue weighted by molar-refractivity contribution is -0.385. The van der Waals surface area contributed by atoms with Crippen LogP contribution in [0, 0.1) is 17.0 Å². The number of aromatic nitrogens is 1. The average molecular weight is 439 g/mol. The minimum Gasteiger partial charge on any atom is -0.379 e. The number of nitro benzene ring substituents is 1. The number of ether oxygens (including phenoxy) is 1. The van der Waals surface area contributed by atoms with Crippen LogP contribution < -0.4 is 5.32 Å². The first-order valence-corrected chi connectivity index (χ1v) is 10.7. The number of morpholine rings is 1. The van der Waals surface area contributed by atoms with Crippen LogP contribution >= 0.6 is 11.3 Å². The lowest BCUT2D eigenvalue weighted by Crippen LogP contribution is -2.35. The Balaban J connectivity index is 1.62. The fraction of sp³-hybridized carbons (Fsp3) is 0.273. The van der Waals surface area contributed by atoms with Gasteiger partial charge in [-0.1, -0.05) is 47.7 Å². The van der Waals surface area contributed by atoms with Gasteiger partial charge in [0.05, 0.1) is 23.8 Å². The van der Waals surface area contributed by atoms with Crippen molar-refractivity contribution < 1.29 is 14.5 Å². The number of carbonyl (C=O) groups excluding carboxylic acids is 1. The van der Waals surface area contributed by atoms with Crippen LogP contribution in [0.2, 0.25) is 0 Å². The van der Waals surface area contributed by atoms with Crippen molar-refractivity contribution in [3.8, 4) is 11.3 Å². The van der Waals surface area contributed by atoms with Crippen molar-refractivity contribution in [3.05, 3.63) is 74.6 Å². The highest BCUT2D eigenvalue weighted by molar-refractivity contribution is 7.16. The summed E-state index contributed by atoms with van der Waals surface area (Å²) >= 11 is 1.43. The lowest BCUT2D eigenvalue weighted by Gasteiger charge is -2.26. The van der Waals surface area contributed by atoms with Crippen LogP contribution in [0.1, 0.15) is 20.8 Å². The molecule has 9 heteroatoms. The Morgan fingerprint density at radius 2 is 1.94 bits per heavy atom. The van der Waals surface area contributed by atoms with E-state index in [0.717, 1.165) is 35.8 Å². The first-order chi connectivity index (χ1) is 15.0. The lowest BCUT2D eigenvalue weighted by atomic mass is 10.1. The van der Waals surface area contributed by atoms with Crippen molar-refractivity contribution >= 4 is 28.1 Å². The van der Waals surface area contributed by atoms with Crippen LogP contribution in [0.15, 0.2) is 48.5 Å². The van der Waals surface area contributed by atoms with Gasteiger partial charge in [-0.05, 0) is 13.0 Å². The van der Waals surface area contributed by atoms with Crippen LogP contribution in [0.3, 0.4) is 0 Å². The zero-order valence-electron chi connectivity index (χ0n) is 17.0. The number of amides is 1. The summed E-state index contributed by atoms with van der Waals surface area (Å²) in [7, 11) is 0. The largest absolute Gasteiger partial charge is 0.379 e. The number of benzene rings is 2. The van der Waals surface area contributed by atoms with Gasteiger partial charge >= 0.3 is 0 Å². The van der Waals surface area contributed by atoms with E-state index in [0.29, 0.717) is 23.9 Å². The van der Waals surface area contributed by atoms with Gasteiger partial charge in [-0.25, -0.2) is 4.98 Å². The van der Waals surface area contributed by atoms with Gasteiger partial charge < -0.3 is 4.74 Å². The second-order valence-corrected chi connectivity index (χ2v) is 8.29. The minimum absolute atomic E-state index is 0.0789. The SMILES string of the molecule is Cc1c(C(=O)Nc2nc(-c3ccccc3)c(CN3CCOCC3)s2)cccc1[N+](=O)[O-]. The minimum atomic E-state index is -0.483.